The van der Waals surface area contributed by atoms with Crippen molar-refractivity contribution in [2.75, 3.05) is 7.11 Å². The van der Waals surface area contributed by atoms with Gasteiger partial charge in [0.05, 0.1) is 12.5 Å². The van der Waals surface area contributed by atoms with Crippen LogP contribution >= 0.6 is 11.8 Å². The van der Waals surface area contributed by atoms with Crippen molar-refractivity contribution < 1.29 is 9.53 Å². The minimum Gasteiger partial charge on any atom is -0.497 e. The number of carbonyl (C=O) groups excluding carboxylic acids is 1. The van der Waals surface area contributed by atoms with Crippen LogP contribution in [0.15, 0.2) is 95.0 Å². The standard InChI is InChI=1S/C26H22N4O2S/c1-32-20-14-11-18(12-15-20)13-16-23-27-22-10-6-5-9-21(22)24-25(31)28-26(29-30(23)24)33-17-19-7-3-2-4-8-19/h2-16,23H,17H2,1H3,(H,28,29,31)/b16-13+/t23-/m0/s1. The van der Waals surface area contributed by atoms with Crippen LogP contribution in [-0.4, -0.2) is 29.4 Å². The number of nitrogens with zero attached hydrogens (tertiary/aromatic N) is 3. The average molecular weight is 455 g/mol. The molecule has 33 heavy (non-hydrogen) atoms. The van der Waals surface area contributed by atoms with Crippen LogP contribution in [-0.2, 0) is 10.5 Å². The Hall–Kier alpha value is -3.84. The summed E-state index contributed by atoms with van der Waals surface area (Å²) in [6.07, 6.45) is 3.51. The number of amides is 1. The molecule has 0 fully saturated rings. The third kappa shape index (κ3) is 4.54. The Morgan fingerprint density at radius 3 is 2.58 bits per heavy atom. The highest BCUT2D eigenvalue weighted by molar-refractivity contribution is 8.13. The van der Waals surface area contributed by atoms with Gasteiger partial charge in [-0.05, 0) is 35.4 Å². The molecule has 0 unspecified atom stereocenters. The molecule has 1 N–H and O–H groups in total. The van der Waals surface area contributed by atoms with Crippen molar-refractivity contribution in [3.05, 3.63) is 107 Å². The van der Waals surface area contributed by atoms with Crippen molar-refractivity contribution >= 4 is 34.6 Å². The van der Waals surface area contributed by atoms with Crippen molar-refractivity contribution in [2.45, 2.75) is 11.9 Å². The molecule has 3 aromatic rings. The van der Waals surface area contributed by atoms with Crippen LogP contribution in [0.2, 0.25) is 0 Å². The van der Waals surface area contributed by atoms with E-state index in [1.165, 1.54) is 17.3 Å². The summed E-state index contributed by atoms with van der Waals surface area (Å²) >= 11 is 1.50. The maximum atomic E-state index is 13.1. The summed E-state index contributed by atoms with van der Waals surface area (Å²) in [5.41, 5.74) is 2.68. The van der Waals surface area contributed by atoms with Crippen LogP contribution in [0.4, 0.5) is 0 Å². The van der Waals surface area contributed by atoms with Crippen LogP contribution in [0.1, 0.15) is 11.1 Å². The lowest BCUT2D eigenvalue weighted by Gasteiger charge is -2.32. The summed E-state index contributed by atoms with van der Waals surface area (Å²) in [5.74, 6) is 1.34. The van der Waals surface area contributed by atoms with Gasteiger partial charge in [-0.2, -0.15) is 0 Å². The highest BCUT2D eigenvalue weighted by atomic mass is 32.2. The van der Waals surface area contributed by atoms with Crippen molar-refractivity contribution in [3.63, 3.8) is 0 Å². The molecule has 7 heteroatoms. The van der Waals surface area contributed by atoms with E-state index in [1.54, 1.807) is 12.1 Å². The summed E-state index contributed by atoms with van der Waals surface area (Å²) in [6, 6.07) is 25.5. The van der Waals surface area contributed by atoms with Crippen molar-refractivity contribution in [3.8, 4) is 5.75 Å². The SMILES string of the molecule is COc1ccc(/C=C/[C@H]2N=c3ccccc3=C3C(=O)NC(SCc4ccccc4)=NN32)cc1. The molecule has 0 aromatic heterocycles. The maximum absolute atomic E-state index is 13.1. The minimum atomic E-state index is -0.435. The number of thioether (sulfide) groups is 1. The Labute approximate surface area is 196 Å². The first-order chi connectivity index (χ1) is 16.2. The molecule has 164 valence electrons. The summed E-state index contributed by atoms with van der Waals surface area (Å²) in [6.45, 7) is 0. The number of para-hydroxylation sites is 1. The molecular weight excluding hydrogens is 432 g/mol. The zero-order valence-electron chi connectivity index (χ0n) is 18.0. The number of carbonyl (C=O) groups is 1. The second-order valence-electron chi connectivity index (χ2n) is 7.52. The molecule has 0 radical (unpaired) electrons. The highest BCUT2D eigenvalue weighted by Gasteiger charge is 2.32. The van der Waals surface area contributed by atoms with Crippen LogP contribution in [0, 0.1) is 0 Å². The number of hydrogen-bond acceptors (Lipinski definition) is 6. The van der Waals surface area contributed by atoms with Gasteiger partial charge in [0.15, 0.2) is 11.3 Å². The number of benzene rings is 3. The summed E-state index contributed by atoms with van der Waals surface area (Å²) < 4.78 is 5.23. The Kier molecular flexibility index (Phi) is 5.95. The molecule has 2 aliphatic rings. The molecular formula is C26H22N4O2S. The molecule has 0 spiro atoms. The first-order valence-corrected chi connectivity index (χ1v) is 11.6. The molecule has 0 bridgehead atoms. The van der Waals surface area contributed by atoms with Gasteiger partial charge >= 0.3 is 0 Å². The number of hydrazone groups is 1. The Bertz CT molecular complexity index is 1350. The number of fused-ring (bicyclic) bond motifs is 2. The third-order valence-electron chi connectivity index (χ3n) is 5.34. The van der Waals surface area contributed by atoms with Gasteiger partial charge in [-0.1, -0.05) is 78.5 Å². The second kappa shape index (κ2) is 9.34. The Morgan fingerprint density at radius 2 is 1.79 bits per heavy atom. The highest BCUT2D eigenvalue weighted by Crippen LogP contribution is 2.23. The number of rotatable bonds is 5. The lowest BCUT2D eigenvalue weighted by molar-refractivity contribution is -0.116. The van der Waals surface area contributed by atoms with Crippen molar-refractivity contribution in [1.82, 2.24) is 10.3 Å². The summed E-state index contributed by atoms with van der Waals surface area (Å²) in [5, 5.41) is 11.5. The molecule has 1 atom stereocenters. The van der Waals surface area contributed by atoms with E-state index < -0.39 is 6.17 Å². The molecule has 1 amide bonds. The van der Waals surface area contributed by atoms with Crippen LogP contribution in [0.5, 0.6) is 5.75 Å². The van der Waals surface area contributed by atoms with Crippen molar-refractivity contribution in [1.29, 1.82) is 0 Å². The topological polar surface area (TPSA) is 66.3 Å². The predicted octanol–water partition coefficient (Wildman–Crippen LogP) is 3.11. The van der Waals surface area contributed by atoms with Gasteiger partial charge in [-0.15, -0.1) is 5.10 Å². The number of hydrogen-bond donors (Lipinski definition) is 1. The number of ether oxygens (including phenoxy) is 1. The first kappa shape index (κ1) is 21.0. The van der Waals surface area contributed by atoms with E-state index in [2.05, 4.69) is 17.4 Å². The van der Waals surface area contributed by atoms with E-state index in [9.17, 15) is 4.79 Å². The van der Waals surface area contributed by atoms with E-state index in [4.69, 9.17) is 14.8 Å². The van der Waals surface area contributed by atoms with Gasteiger partial charge in [0, 0.05) is 11.0 Å². The molecule has 0 aliphatic carbocycles. The minimum absolute atomic E-state index is 0.175. The lowest BCUT2D eigenvalue weighted by Crippen LogP contribution is -2.52. The van der Waals surface area contributed by atoms with Crippen LogP contribution in [0.25, 0.3) is 11.8 Å². The quantitative estimate of drug-likeness (QED) is 0.643. The second-order valence-corrected chi connectivity index (χ2v) is 8.48. The number of methoxy groups -OCH3 is 1. The molecule has 5 rings (SSSR count). The largest absolute Gasteiger partial charge is 0.497 e. The smallest absolute Gasteiger partial charge is 0.276 e. The lowest BCUT2D eigenvalue weighted by atomic mass is 10.1. The Balaban J connectivity index is 1.48. The zero-order valence-corrected chi connectivity index (χ0v) is 18.8. The van der Waals surface area contributed by atoms with E-state index >= 15 is 0 Å². The number of amidine groups is 1. The van der Waals surface area contributed by atoms with Gasteiger partial charge in [-0.3, -0.25) is 15.1 Å². The molecule has 0 saturated carbocycles. The fraction of sp³-hybridized carbons (Fsp3) is 0.115. The van der Waals surface area contributed by atoms with Gasteiger partial charge in [0.2, 0.25) is 0 Å². The van der Waals surface area contributed by atoms with Gasteiger partial charge in [0.1, 0.15) is 11.4 Å². The van der Waals surface area contributed by atoms with Crippen molar-refractivity contribution in [2.24, 2.45) is 10.1 Å². The fourth-order valence-corrected chi connectivity index (χ4v) is 4.49. The predicted molar refractivity (Wildman–Crippen MR) is 132 cm³/mol. The zero-order chi connectivity index (χ0) is 22.6. The fourth-order valence-electron chi connectivity index (χ4n) is 3.68. The summed E-state index contributed by atoms with van der Waals surface area (Å²) in [4.78, 5) is 18.0. The molecule has 2 aliphatic heterocycles. The third-order valence-corrected chi connectivity index (χ3v) is 6.27. The Morgan fingerprint density at radius 1 is 1.03 bits per heavy atom. The van der Waals surface area contributed by atoms with E-state index in [0.29, 0.717) is 16.6 Å². The first-order valence-electron chi connectivity index (χ1n) is 10.6. The summed E-state index contributed by atoms with van der Waals surface area (Å²) in [7, 11) is 1.65. The van der Waals surface area contributed by atoms with E-state index in [1.807, 2.05) is 78.9 Å². The average Bonchev–Trinajstić information content (AvgIpc) is 2.87. The number of nitrogens with one attached hydrogen (secondary N) is 1. The molecule has 6 nitrogen and oxygen atoms in total. The van der Waals surface area contributed by atoms with Gasteiger partial charge in [0.25, 0.3) is 5.91 Å². The van der Waals surface area contributed by atoms with E-state index in [0.717, 1.165) is 21.9 Å². The van der Waals surface area contributed by atoms with Gasteiger partial charge < -0.3 is 4.74 Å². The monoisotopic (exact) mass is 454 g/mol. The molecule has 2 heterocycles. The molecule has 3 aromatic carbocycles. The van der Waals surface area contributed by atoms with Crippen LogP contribution < -0.4 is 20.6 Å². The van der Waals surface area contributed by atoms with Crippen LogP contribution in [0.3, 0.4) is 0 Å². The van der Waals surface area contributed by atoms with Gasteiger partial charge in [-0.25, -0.2) is 5.01 Å². The van der Waals surface area contributed by atoms with E-state index in [-0.39, 0.29) is 5.91 Å². The molecule has 0 saturated heterocycles. The maximum Gasteiger partial charge on any atom is 0.276 e. The normalized spacial score (nSPS) is 17.1.